The summed E-state index contributed by atoms with van der Waals surface area (Å²) in [5.41, 5.74) is 1.50. The summed E-state index contributed by atoms with van der Waals surface area (Å²) < 4.78 is 23.1. The first kappa shape index (κ1) is 15.7. The van der Waals surface area contributed by atoms with E-state index in [1.807, 2.05) is 6.92 Å². The molecule has 0 amide bonds. The average molecular weight is 302 g/mol. The van der Waals surface area contributed by atoms with Gasteiger partial charge in [0.2, 0.25) is 0 Å². The zero-order valence-corrected chi connectivity index (χ0v) is 12.0. The third kappa shape index (κ3) is 4.41. The van der Waals surface area contributed by atoms with Crippen LogP contribution in [0, 0.1) is 12.7 Å². The lowest BCUT2D eigenvalue weighted by atomic mass is 10.1. The first-order valence-electron chi connectivity index (χ1n) is 6.69. The van der Waals surface area contributed by atoms with Crippen molar-refractivity contribution in [2.24, 2.45) is 0 Å². The Bertz CT molecular complexity index is 665. The van der Waals surface area contributed by atoms with Crippen LogP contribution in [0.1, 0.15) is 15.9 Å². The zero-order valence-electron chi connectivity index (χ0n) is 12.0. The van der Waals surface area contributed by atoms with Gasteiger partial charge in [-0.15, -0.1) is 0 Å². The van der Waals surface area contributed by atoms with Gasteiger partial charge in [-0.25, -0.2) is 9.18 Å². The Morgan fingerprint density at radius 1 is 1.00 bits per heavy atom. The Hall–Kier alpha value is -2.69. The minimum Gasteiger partial charge on any atom is -0.479 e. The van der Waals surface area contributed by atoms with E-state index < -0.39 is 18.4 Å². The number of carbonyl (C=O) groups excluding carboxylic acids is 2. The highest BCUT2D eigenvalue weighted by atomic mass is 19.1. The summed E-state index contributed by atoms with van der Waals surface area (Å²) in [5.74, 6) is -1.64. The van der Waals surface area contributed by atoms with E-state index in [4.69, 9.17) is 9.47 Å². The maximum Gasteiger partial charge on any atom is 0.344 e. The minimum absolute atomic E-state index is 0.0377. The number of hydrogen-bond acceptors (Lipinski definition) is 4. The molecule has 0 unspecified atom stereocenters. The van der Waals surface area contributed by atoms with Gasteiger partial charge in [0.1, 0.15) is 0 Å². The molecule has 0 N–H and O–H groups in total. The average Bonchev–Trinajstić information content (AvgIpc) is 2.52. The summed E-state index contributed by atoms with van der Waals surface area (Å²) in [6.45, 7) is 1.08. The summed E-state index contributed by atoms with van der Waals surface area (Å²) in [6.07, 6.45) is 0. The van der Waals surface area contributed by atoms with Gasteiger partial charge in [-0.3, -0.25) is 4.79 Å². The van der Waals surface area contributed by atoms with Crippen LogP contribution in [-0.4, -0.2) is 25.0 Å². The molecule has 114 valence electrons. The fourth-order valence-corrected chi connectivity index (χ4v) is 1.71. The normalized spacial score (nSPS) is 10.1. The van der Waals surface area contributed by atoms with Crippen LogP contribution < -0.4 is 4.74 Å². The smallest absolute Gasteiger partial charge is 0.344 e. The lowest BCUT2D eigenvalue weighted by Crippen LogP contribution is -2.19. The number of hydrogen-bond donors (Lipinski definition) is 0. The summed E-state index contributed by atoms with van der Waals surface area (Å²) in [6, 6.07) is 12.7. The standard InChI is InChI=1S/C17H15FO4/c1-12-6-8-13(9-7-12)15(19)10-22-17(20)11-21-16-5-3-2-4-14(16)18/h2-9H,10-11H2,1H3. The summed E-state index contributed by atoms with van der Waals surface area (Å²) in [7, 11) is 0. The fourth-order valence-electron chi connectivity index (χ4n) is 1.71. The SMILES string of the molecule is Cc1ccc(C(=O)COC(=O)COc2ccccc2F)cc1. The molecule has 0 radical (unpaired) electrons. The van der Waals surface area contributed by atoms with Crippen molar-refractivity contribution < 1.29 is 23.5 Å². The van der Waals surface area contributed by atoms with E-state index in [0.717, 1.165) is 5.56 Å². The van der Waals surface area contributed by atoms with Crippen molar-refractivity contribution in [3.05, 3.63) is 65.5 Å². The molecular formula is C17H15FO4. The summed E-state index contributed by atoms with van der Waals surface area (Å²) in [4.78, 5) is 23.3. The molecule has 2 aromatic carbocycles. The predicted octanol–water partition coefficient (Wildman–Crippen LogP) is 2.94. The van der Waals surface area contributed by atoms with E-state index >= 15 is 0 Å². The van der Waals surface area contributed by atoms with Gasteiger partial charge in [0.25, 0.3) is 0 Å². The van der Waals surface area contributed by atoms with Crippen molar-refractivity contribution in [2.75, 3.05) is 13.2 Å². The highest BCUT2D eigenvalue weighted by Gasteiger charge is 2.11. The molecule has 0 heterocycles. The Kier molecular flexibility index (Phi) is 5.25. The van der Waals surface area contributed by atoms with E-state index in [9.17, 15) is 14.0 Å². The van der Waals surface area contributed by atoms with Crippen LogP contribution in [0.5, 0.6) is 5.75 Å². The maximum absolute atomic E-state index is 13.3. The summed E-state index contributed by atoms with van der Waals surface area (Å²) in [5, 5.41) is 0. The van der Waals surface area contributed by atoms with Crippen molar-refractivity contribution in [3.63, 3.8) is 0 Å². The van der Waals surface area contributed by atoms with Gasteiger partial charge in [-0.1, -0.05) is 42.0 Å². The highest BCUT2D eigenvalue weighted by Crippen LogP contribution is 2.15. The van der Waals surface area contributed by atoms with Crippen LogP contribution in [0.15, 0.2) is 48.5 Å². The monoisotopic (exact) mass is 302 g/mol. The molecule has 0 bridgehead atoms. The van der Waals surface area contributed by atoms with E-state index in [1.54, 1.807) is 30.3 Å². The van der Waals surface area contributed by atoms with E-state index in [1.165, 1.54) is 18.2 Å². The molecule has 4 nitrogen and oxygen atoms in total. The second kappa shape index (κ2) is 7.36. The van der Waals surface area contributed by atoms with Crippen LogP contribution in [0.4, 0.5) is 4.39 Å². The topological polar surface area (TPSA) is 52.6 Å². The van der Waals surface area contributed by atoms with Crippen LogP contribution in [-0.2, 0) is 9.53 Å². The maximum atomic E-state index is 13.3. The molecule has 0 spiro atoms. The Balaban J connectivity index is 1.79. The molecule has 0 aliphatic rings. The van der Waals surface area contributed by atoms with Gasteiger partial charge in [0.15, 0.2) is 30.6 Å². The molecule has 2 aromatic rings. The molecule has 0 aromatic heterocycles. The van der Waals surface area contributed by atoms with Crippen molar-refractivity contribution in [2.45, 2.75) is 6.92 Å². The molecule has 5 heteroatoms. The zero-order chi connectivity index (χ0) is 15.9. The highest BCUT2D eigenvalue weighted by molar-refractivity contribution is 5.98. The van der Waals surface area contributed by atoms with E-state index in [2.05, 4.69) is 0 Å². The molecule has 0 saturated heterocycles. The van der Waals surface area contributed by atoms with Crippen molar-refractivity contribution in [3.8, 4) is 5.75 Å². The predicted molar refractivity (Wildman–Crippen MR) is 78.4 cm³/mol. The molecule has 0 saturated carbocycles. The number of para-hydroxylation sites is 1. The number of benzene rings is 2. The number of carbonyl (C=O) groups is 2. The lowest BCUT2D eigenvalue weighted by Gasteiger charge is -2.07. The molecular weight excluding hydrogens is 287 g/mol. The summed E-state index contributed by atoms with van der Waals surface area (Å²) >= 11 is 0. The van der Waals surface area contributed by atoms with E-state index in [0.29, 0.717) is 5.56 Å². The third-order valence-corrected chi connectivity index (χ3v) is 2.92. The Labute approximate surface area is 127 Å². The second-order valence-electron chi connectivity index (χ2n) is 4.67. The largest absolute Gasteiger partial charge is 0.479 e. The Morgan fingerprint density at radius 3 is 2.36 bits per heavy atom. The van der Waals surface area contributed by atoms with Gasteiger partial charge in [-0.2, -0.15) is 0 Å². The third-order valence-electron chi connectivity index (χ3n) is 2.92. The minimum atomic E-state index is -0.733. The number of aryl methyl sites for hydroxylation is 1. The van der Waals surface area contributed by atoms with Crippen molar-refractivity contribution in [1.29, 1.82) is 0 Å². The number of rotatable bonds is 6. The van der Waals surface area contributed by atoms with Gasteiger partial charge >= 0.3 is 5.97 Å². The van der Waals surface area contributed by atoms with Crippen LogP contribution >= 0.6 is 0 Å². The number of ketones is 1. The Morgan fingerprint density at radius 2 is 1.68 bits per heavy atom. The quantitative estimate of drug-likeness (QED) is 0.608. The second-order valence-corrected chi connectivity index (χ2v) is 4.67. The number of esters is 1. The fraction of sp³-hybridized carbons (Fsp3) is 0.176. The van der Waals surface area contributed by atoms with Gasteiger partial charge in [0, 0.05) is 5.56 Å². The van der Waals surface area contributed by atoms with E-state index in [-0.39, 0.29) is 18.1 Å². The first-order valence-corrected chi connectivity index (χ1v) is 6.69. The molecule has 0 aliphatic heterocycles. The molecule has 0 aliphatic carbocycles. The number of Topliss-reactive ketones (excluding diaryl/α,β-unsaturated/α-hetero) is 1. The molecule has 2 rings (SSSR count). The van der Waals surface area contributed by atoms with Crippen LogP contribution in [0.25, 0.3) is 0 Å². The van der Waals surface area contributed by atoms with Crippen LogP contribution in [0.3, 0.4) is 0 Å². The molecule has 22 heavy (non-hydrogen) atoms. The van der Waals surface area contributed by atoms with Crippen LogP contribution in [0.2, 0.25) is 0 Å². The van der Waals surface area contributed by atoms with Gasteiger partial charge in [0.05, 0.1) is 0 Å². The number of ether oxygens (including phenoxy) is 2. The van der Waals surface area contributed by atoms with Crippen molar-refractivity contribution in [1.82, 2.24) is 0 Å². The van der Waals surface area contributed by atoms with Crippen molar-refractivity contribution >= 4 is 11.8 Å². The number of halogens is 1. The van der Waals surface area contributed by atoms with Gasteiger partial charge < -0.3 is 9.47 Å². The van der Waals surface area contributed by atoms with Gasteiger partial charge in [-0.05, 0) is 19.1 Å². The lowest BCUT2D eigenvalue weighted by molar-refractivity contribution is -0.144. The molecule has 0 atom stereocenters. The first-order chi connectivity index (χ1) is 10.6. The molecule has 0 fully saturated rings.